The maximum Gasteiger partial charge on any atom is 0.341 e. The van der Waals surface area contributed by atoms with Crippen molar-refractivity contribution in [2.24, 2.45) is 5.92 Å². The zero-order valence-electron chi connectivity index (χ0n) is 15.1. The van der Waals surface area contributed by atoms with Gasteiger partial charge >= 0.3 is 5.97 Å². The van der Waals surface area contributed by atoms with Crippen LogP contribution < -0.4 is 5.32 Å². The van der Waals surface area contributed by atoms with Crippen LogP contribution in [0.15, 0.2) is 0 Å². The fourth-order valence-electron chi connectivity index (χ4n) is 3.05. The van der Waals surface area contributed by atoms with Crippen LogP contribution in [-0.2, 0) is 22.4 Å². The van der Waals surface area contributed by atoms with E-state index in [-0.39, 0.29) is 11.9 Å². The summed E-state index contributed by atoms with van der Waals surface area (Å²) in [5.41, 5.74) is 1.71. The van der Waals surface area contributed by atoms with E-state index in [0.717, 1.165) is 50.5 Å². The Morgan fingerprint density at radius 3 is 2.75 bits per heavy atom. The van der Waals surface area contributed by atoms with E-state index in [2.05, 4.69) is 19.2 Å². The van der Waals surface area contributed by atoms with Crippen LogP contribution in [-0.4, -0.2) is 18.5 Å². The zero-order chi connectivity index (χ0) is 17.5. The Labute approximate surface area is 149 Å². The number of hydrogen-bond acceptors (Lipinski definition) is 4. The molecular weight excluding hydrogens is 322 g/mol. The predicted molar refractivity (Wildman–Crippen MR) is 98.9 cm³/mol. The van der Waals surface area contributed by atoms with Crippen LogP contribution in [0.5, 0.6) is 0 Å². The SMILES string of the molecule is CCCCCC(=O)Nc1sc2c(c1C(=O)OCCC)CC[C@H](C)C2. The van der Waals surface area contributed by atoms with Crippen LogP contribution in [0.25, 0.3) is 0 Å². The third kappa shape index (κ3) is 4.82. The molecule has 1 aromatic heterocycles. The number of unbranched alkanes of at least 4 members (excludes halogenated alkanes) is 2. The largest absolute Gasteiger partial charge is 0.462 e. The van der Waals surface area contributed by atoms with Gasteiger partial charge in [0.1, 0.15) is 5.00 Å². The quantitative estimate of drug-likeness (QED) is 0.532. The molecule has 1 aromatic rings. The summed E-state index contributed by atoms with van der Waals surface area (Å²) in [5.74, 6) is 0.344. The Balaban J connectivity index is 2.19. The molecule has 1 amide bonds. The molecule has 0 aromatic carbocycles. The molecule has 0 saturated heterocycles. The Morgan fingerprint density at radius 1 is 1.25 bits per heavy atom. The molecule has 1 heterocycles. The molecule has 0 aliphatic heterocycles. The van der Waals surface area contributed by atoms with Crippen molar-refractivity contribution in [2.75, 3.05) is 11.9 Å². The maximum atomic E-state index is 12.5. The first-order valence-electron chi connectivity index (χ1n) is 9.18. The van der Waals surface area contributed by atoms with Gasteiger partial charge in [0.15, 0.2) is 0 Å². The number of rotatable bonds is 8. The number of nitrogens with one attached hydrogen (secondary N) is 1. The van der Waals surface area contributed by atoms with Crippen molar-refractivity contribution in [3.8, 4) is 0 Å². The number of ether oxygens (including phenoxy) is 1. The lowest BCUT2D eigenvalue weighted by Gasteiger charge is -2.18. The molecule has 24 heavy (non-hydrogen) atoms. The molecule has 0 spiro atoms. The third-order valence-electron chi connectivity index (χ3n) is 4.41. The van der Waals surface area contributed by atoms with Crippen molar-refractivity contribution in [3.63, 3.8) is 0 Å². The van der Waals surface area contributed by atoms with Crippen molar-refractivity contribution in [3.05, 3.63) is 16.0 Å². The Kier molecular flexibility index (Phi) is 7.28. The highest BCUT2D eigenvalue weighted by Gasteiger charge is 2.29. The summed E-state index contributed by atoms with van der Waals surface area (Å²) >= 11 is 1.56. The number of carbonyl (C=O) groups excluding carboxylic acids is 2. The van der Waals surface area contributed by atoms with E-state index in [4.69, 9.17) is 4.74 Å². The average Bonchev–Trinajstić information content (AvgIpc) is 2.89. The van der Waals surface area contributed by atoms with Crippen molar-refractivity contribution in [1.29, 1.82) is 0 Å². The summed E-state index contributed by atoms with van der Waals surface area (Å²) in [5, 5.41) is 3.67. The lowest BCUT2D eigenvalue weighted by atomic mass is 9.88. The second-order valence-corrected chi connectivity index (χ2v) is 7.80. The molecule has 134 valence electrons. The Hall–Kier alpha value is -1.36. The predicted octanol–water partition coefficient (Wildman–Crippen LogP) is 4.96. The first kappa shape index (κ1) is 19.0. The zero-order valence-corrected chi connectivity index (χ0v) is 15.9. The standard InChI is InChI=1S/C19H29NO3S/c1-4-6-7-8-16(21)20-18-17(19(22)23-11-5-2)14-10-9-13(3)12-15(14)24-18/h13H,4-12H2,1-3H3,(H,20,21)/t13-/m0/s1. The van der Waals surface area contributed by atoms with Gasteiger partial charge in [-0.15, -0.1) is 11.3 Å². The molecule has 0 unspecified atom stereocenters. The summed E-state index contributed by atoms with van der Waals surface area (Å²) in [7, 11) is 0. The highest BCUT2D eigenvalue weighted by atomic mass is 32.1. The molecule has 4 nitrogen and oxygen atoms in total. The summed E-state index contributed by atoms with van der Waals surface area (Å²) in [4.78, 5) is 25.9. The monoisotopic (exact) mass is 351 g/mol. The van der Waals surface area contributed by atoms with Gasteiger partial charge in [-0.2, -0.15) is 0 Å². The molecular formula is C19H29NO3S. The Bertz CT molecular complexity index is 579. The molecule has 1 aliphatic rings. The fraction of sp³-hybridized carbons (Fsp3) is 0.684. The molecule has 5 heteroatoms. The topological polar surface area (TPSA) is 55.4 Å². The smallest absolute Gasteiger partial charge is 0.341 e. The molecule has 1 aliphatic carbocycles. The van der Waals surface area contributed by atoms with Gasteiger partial charge in [-0.1, -0.05) is 33.6 Å². The average molecular weight is 352 g/mol. The summed E-state index contributed by atoms with van der Waals surface area (Å²) < 4.78 is 5.37. The normalized spacial score (nSPS) is 16.5. The van der Waals surface area contributed by atoms with Gasteiger partial charge in [0.25, 0.3) is 0 Å². The van der Waals surface area contributed by atoms with Gasteiger partial charge in [0.2, 0.25) is 5.91 Å². The molecule has 1 atom stereocenters. The number of fused-ring (bicyclic) bond motifs is 1. The molecule has 0 fully saturated rings. The lowest BCUT2D eigenvalue weighted by molar-refractivity contribution is -0.116. The molecule has 0 saturated carbocycles. The molecule has 2 rings (SSSR count). The molecule has 0 bridgehead atoms. The molecule has 1 N–H and O–H groups in total. The van der Waals surface area contributed by atoms with Gasteiger partial charge in [-0.05, 0) is 43.6 Å². The first-order valence-corrected chi connectivity index (χ1v) is 9.99. The minimum absolute atomic E-state index is 0.000336. The number of esters is 1. The van der Waals surface area contributed by atoms with E-state index in [0.29, 0.717) is 29.5 Å². The van der Waals surface area contributed by atoms with Crippen LogP contribution in [0.2, 0.25) is 0 Å². The maximum absolute atomic E-state index is 12.5. The van der Waals surface area contributed by atoms with Crippen LogP contribution >= 0.6 is 11.3 Å². The van der Waals surface area contributed by atoms with Crippen LogP contribution in [0.4, 0.5) is 5.00 Å². The highest BCUT2D eigenvalue weighted by Crippen LogP contribution is 2.40. The van der Waals surface area contributed by atoms with Gasteiger partial charge in [-0.25, -0.2) is 4.79 Å². The van der Waals surface area contributed by atoms with Crippen LogP contribution in [0.1, 0.15) is 80.1 Å². The third-order valence-corrected chi connectivity index (χ3v) is 5.58. The van der Waals surface area contributed by atoms with E-state index in [1.807, 2.05) is 6.92 Å². The second-order valence-electron chi connectivity index (χ2n) is 6.70. The molecule has 0 radical (unpaired) electrons. The van der Waals surface area contributed by atoms with Crippen molar-refractivity contribution in [2.45, 2.75) is 72.1 Å². The second kappa shape index (κ2) is 9.21. The number of anilines is 1. The highest BCUT2D eigenvalue weighted by molar-refractivity contribution is 7.17. The van der Waals surface area contributed by atoms with Gasteiger partial charge in [-0.3, -0.25) is 4.79 Å². The van der Waals surface area contributed by atoms with Crippen LogP contribution in [0.3, 0.4) is 0 Å². The van der Waals surface area contributed by atoms with Crippen molar-refractivity contribution < 1.29 is 14.3 Å². The van der Waals surface area contributed by atoms with E-state index >= 15 is 0 Å². The number of hydrogen-bond donors (Lipinski definition) is 1. The number of carbonyl (C=O) groups is 2. The van der Waals surface area contributed by atoms with Gasteiger partial charge in [0.05, 0.1) is 12.2 Å². The summed E-state index contributed by atoms with van der Waals surface area (Å²) in [6.45, 7) is 6.76. The number of thiophene rings is 1. The lowest BCUT2D eigenvalue weighted by Crippen LogP contribution is -2.16. The Morgan fingerprint density at radius 2 is 2.04 bits per heavy atom. The fourth-order valence-corrected chi connectivity index (χ4v) is 4.46. The number of amides is 1. The van der Waals surface area contributed by atoms with Crippen molar-refractivity contribution in [1.82, 2.24) is 0 Å². The van der Waals surface area contributed by atoms with Crippen molar-refractivity contribution >= 4 is 28.2 Å². The van der Waals surface area contributed by atoms with E-state index < -0.39 is 0 Å². The minimum Gasteiger partial charge on any atom is -0.462 e. The van der Waals surface area contributed by atoms with E-state index in [1.165, 1.54) is 4.88 Å². The van der Waals surface area contributed by atoms with Gasteiger partial charge in [0, 0.05) is 11.3 Å². The van der Waals surface area contributed by atoms with Crippen LogP contribution in [0, 0.1) is 5.92 Å². The summed E-state index contributed by atoms with van der Waals surface area (Å²) in [6, 6.07) is 0. The minimum atomic E-state index is -0.284. The van der Waals surface area contributed by atoms with E-state index in [1.54, 1.807) is 11.3 Å². The summed E-state index contributed by atoms with van der Waals surface area (Å²) in [6.07, 6.45) is 7.31. The first-order chi connectivity index (χ1) is 11.6. The van der Waals surface area contributed by atoms with E-state index in [9.17, 15) is 9.59 Å². The van der Waals surface area contributed by atoms with Gasteiger partial charge < -0.3 is 10.1 Å².